The van der Waals surface area contributed by atoms with Gasteiger partial charge < -0.3 is 19.3 Å². The van der Waals surface area contributed by atoms with Crippen molar-refractivity contribution < 1.29 is 9.47 Å². The highest BCUT2D eigenvalue weighted by molar-refractivity contribution is 4.92. The van der Waals surface area contributed by atoms with Gasteiger partial charge in [-0.3, -0.25) is 9.80 Å². The molecular weight excluding hydrogens is 400 g/mol. The highest BCUT2D eigenvalue weighted by Crippen LogP contribution is 2.23. The van der Waals surface area contributed by atoms with Crippen LogP contribution in [0.2, 0.25) is 0 Å². The molecule has 184 valence electrons. The van der Waals surface area contributed by atoms with Crippen LogP contribution in [0.5, 0.6) is 0 Å². The average Bonchev–Trinajstić information content (AvgIpc) is 2.87. The first kappa shape index (κ1) is 24.6. The number of likely N-dealkylation sites (N-methyl/N-ethyl adjacent to an activating group) is 2. The van der Waals surface area contributed by atoms with Gasteiger partial charge in [0.15, 0.2) is 0 Å². The van der Waals surface area contributed by atoms with Crippen LogP contribution in [0.15, 0.2) is 12.2 Å². The van der Waals surface area contributed by atoms with Crippen LogP contribution in [0.1, 0.15) is 51.4 Å². The number of nitrogens with zero attached hydrogens (tertiary/aromatic N) is 4. The van der Waals surface area contributed by atoms with Crippen molar-refractivity contribution in [1.29, 1.82) is 0 Å². The van der Waals surface area contributed by atoms with Crippen molar-refractivity contribution in [2.75, 3.05) is 79.8 Å². The molecule has 4 saturated heterocycles. The van der Waals surface area contributed by atoms with E-state index < -0.39 is 0 Å². The van der Waals surface area contributed by atoms with Gasteiger partial charge in [-0.05, 0) is 91.6 Å². The van der Waals surface area contributed by atoms with Gasteiger partial charge in [0.1, 0.15) is 0 Å². The molecule has 4 aliphatic heterocycles. The molecule has 6 nitrogen and oxygen atoms in total. The number of likely N-dealkylation sites (tertiary alicyclic amines) is 2. The molecule has 0 atom stereocenters. The lowest BCUT2D eigenvalue weighted by molar-refractivity contribution is 0.0164. The predicted octanol–water partition coefficient (Wildman–Crippen LogP) is 2.69. The zero-order valence-corrected chi connectivity index (χ0v) is 20.8. The smallest absolute Gasteiger partial charge is 0.0480 e. The van der Waals surface area contributed by atoms with Crippen LogP contribution in [0.25, 0.3) is 0 Å². The molecule has 0 aromatic carbocycles. The Labute approximate surface area is 196 Å². The second-order valence-corrected chi connectivity index (χ2v) is 10.6. The molecule has 0 aliphatic carbocycles. The van der Waals surface area contributed by atoms with Gasteiger partial charge in [0.05, 0.1) is 0 Å². The van der Waals surface area contributed by atoms with E-state index in [0.717, 1.165) is 63.7 Å². The molecule has 0 aromatic rings. The van der Waals surface area contributed by atoms with Crippen molar-refractivity contribution in [3.8, 4) is 0 Å². The molecule has 4 rings (SSSR count). The molecule has 0 spiro atoms. The zero-order valence-electron chi connectivity index (χ0n) is 20.8. The molecule has 4 aliphatic rings. The summed E-state index contributed by atoms with van der Waals surface area (Å²) >= 11 is 0. The van der Waals surface area contributed by atoms with Crippen molar-refractivity contribution in [3.05, 3.63) is 12.2 Å². The fraction of sp³-hybridized carbons (Fsp3) is 0.923. The van der Waals surface area contributed by atoms with Gasteiger partial charge in [-0.15, -0.1) is 0 Å². The quantitative estimate of drug-likeness (QED) is 0.531. The maximum atomic E-state index is 5.54. The molecule has 0 aromatic heterocycles. The summed E-state index contributed by atoms with van der Waals surface area (Å²) in [4.78, 5) is 10.6. The standard InChI is InChI=1S/C26H48N4O2/c1-27(23-5-15-29(16-6-23)25-9-19-31-20-10-25)13-3-4-14-28(2)24-7-17-30(18-8-24)26-11-21-32-22-12-26/h3-4,23-26H,5-22H2,1-2H3/b4-3+. The third kappa shape index (κ3) is 7.00. The van der Waals surface area contributed by atoms with Gasteiger partial charge in [-0.2, -0.15) is 0 Å². The van der Waals surface area contributed by atoms with E-state index >= 15 is 0 Å². The van der Waals surface area contributed by atoms with Crippen LogP contribution in [0.4, 0.5) is 0 Å². The van der Waals surface area contributed by atoms with Gasteiger partial charge in [0, 0.05) is 63.7 Å². The topological polar surface area (TPSA) is 31.4 Å². The fourth-order valence-corrected chi connectivity index (χ4v) is 6.26. The summed E-state index contributed by atoms with van der Waals surface area (Å²) in [5, 5.41) is 0. The Morgan fingerprint density at radius 3 is 1.28 bits per heavy atom. The Bertz CT molecular complexity index is 498. The van der Waals surface area contributed by atoms with E-state index in [1.54, 1.807) is 0 Å². The van der Waals surface area contributed by atoms with Gasteiger partial charge in [-0.1, -0.05) is 12.2 Å². The van der Waals surface area contributed by atoms with E-state index in [2.05, 4.69) is 45.8 Å². The second-order valence-electron chi connectivity index (χ2n) is 10.6. The van der Waals surface area contributed by atoms with E-state index in [4.69, 9.17) is 9.47 Å². The zero-order chi connectivity index (χ0) is 22.2. The van der Waals surface area contributed by atoms with Gasteiger partial charge in [0.25, 0.3) is 0 Å². The molecule has 0 N–H and O–H groups in total. The van der Waals surface area contributed by atoms with Crippen LogP contribution < -0.4 is 0 Å². The van der Waals surface area contributed by atoms with E-state index in [-0.39, 0.29) is 0 Å². The summed E-state index contributed by atoms with van der Waals surface area (Å²) in [6, 6.07) is 3.02. The number of piperidine rings is 2. The van der Waals surface area contributed by atoms with Gasteiger partial charge >= 0.3 is 0 Å². The van der Waals surface area contributed by atoms with Crippen LogP contribution >= 0.6 is 0 Å². The van der Waals surface area contributed by atoms with Crippen LogP contribution in [-0.4, -0.2) is 124 Å². The molecule has 0 unspecified atom stereocenters. The average molecular weight is 449 g/mol. The van der Waals surface area contributed by atoms with Crippen LogP contribution in [0.3, 0.4) is 0 Å². The molecule has 32 heavy (non-hydrogen) atoms. The summed E-state index contributed by atoms with van der Waals surface area (Å²) < 4.78 is 11.1. The summed E-state index contributed by atoms with van der Waals surface area (Å²) in [6.45, 7) is 11.0. The molecule has 4 heterocycles. The Morgan fingerprint density at radius 2 is 0.938 bits per heavy atom. The summed E-state index contributed by atoms with van der Waals surface area (Å²) in [6.07, 6.45) is 15.0. The highest BCUT2D eigenvalue weighted by Gasteiger charge is 2.29. The molecule has 0 amide bonds. The molecule has 0 saturated carbocycles. The minimum absolute atomic E-state index is 0.739. The first-order chi connectivity index (χ1) is 15.7. The predicted molar refractivity (Wildman–Crippen MR) is 131 cm³/mol. The van der Waals surface area contributed by atoms with Crippen LogP contribution in [0, 0.1) is 0 Å². The fourth-order valence-electron chi connectivity index (χ4n) is 6.26. The van der Waals surface area contributed by atoms with Crippen molar-refractivity contribution >= 4 is 0 Å². The molecular formula is C26H48N4O2. The SMILES string of the molecule is CN(C/C=C/CN(C)C1CCN(C2CCOCC2)CC1)C1CCN(C2CCOCC2)CC1. The number of hydrogen-bond acceptors (Lipinski definition) is 6. The molecule has 4 fully saturated rings. The number of hydrogen-bond donors (Lipinski definition) is 0. The summed E-state index contributed by atoms with van der Waals surface area (Å²) in [5.74, 6) is 0. The highest BCUT2D eigenvalue weighted by atomic mass is 16.5. The minimum Gasteiger partial charge on any atom is -0.381 e. The van der Waals surface area contributed by atoms with Crippen molar-refractivity contribution in [1.82, 2.24) is 19.6 Å². The Kier molecular flexibility index (Phi) is 9.86. The van der Waals surface area contributed by atoms with Crippen molar-refractivity contribution in [3.63, 3.8) is 0 Å². The van der Waals surface area contributed by atoms with Crippen molar-refractivity contribution in [2.24, 2.45) is 0 Å². The largest absolute Gasteiger partial charge is 0.381 e. The van der Waals surface area contributed by atoms with Gasteiger partial charge in [0.2, 0.25) is 0 Å². The third-order valence-corrected chi connectivity index (χ3v) is 8.61. The summed E-state index contributed by atoms with van der Waals surface area (Å²) in [5.41, 5.74) is 0. The summed E-state index contributed by atoms with van der Waals surface area (Å²) in [7, 11) is 4.63. The lowest BCUT2D eigenvalue weighted by Crippen LogP contribution is -2.48. The monoisotopic (exact) mass is 448 g/mol. The van der Waals surface area contributed by atoms with E-state index in [1.807, 2.05) is 0 Å². The first-order valence-corrected chi connectivity index (χ1v) is 13.4. The second kappa shape index (κ2) is 12.8. The molecule has 0 radical (unpaired) electrons. The lowest BCUT2D eigenvalue weighted by atomic mass is 9.98. The molecule has 0 bridgehead atoms. The van der Waals surface area contributed by atoms with Gasteiger partial charge in [-0.25, -0.2) is 0 Å². The normalized spacial score (nSPS) is 27.2. The maximum absolute atomic E-state index is 5.54. The van der Waals surface area contributed by atoms with Crippen molar-refractivity contribution in [2.45, 2.75) is 75.5 Å². The van der Waals surface area contributed by atoms with E-state index in [0.29, 0.717) is 0 Å². The number of rotatable bonds is 8. The molecule has 6 heteroatoms. The number of ether oxygens (including phenoxy) is 2. The van der Waals surface area contributed by atoms with E-state index in [1.165, 1.54) is 77.5 Å². The van der Waals surface area contributed by atoms with E-state index in [9.17, 15) is 0 Å². The third-order valence-electron chi connectivity index (χ3n) is 8.61. The first-order valence-electron chi connectivity index (χ1n) is 13.4. The Morgan fingerprint density at radius 1 is 0.594 bits per heavy atom. The maximum Gasteiger partial charge on any atom is 0.0480 e. The van der Waals surface area contributed by atoms with Crippen LogP contribution in [-0.2, 0) is 9.47 Å². The lowest BCUT2D eigenvalue weighted by Gasteiger charge is -2.41. The minimum atomic E-state index is 0.739. The Hall–Kier alpha value is -0.500. The Balaban J connectivity index is 1.09.